The van der Waals surface area contributed by atoms with E-state index in [4.69, 9.17) is 17.3 Å². The highest BCUT2D eigenvalue weighted by molar-refractivity contribution is 9.10. The van der Waals surface area contributed by atoms with E-state index < -0.39 is 0 Å². The van der Waals surface area contributed by atoms with E-state index in [1.807, 2.05) is 26.0 Å². The smallest absolute Gasteiger partial charge is 0.318 e. The summed E-state index contributed by atoms with van der Waals surface area (Å²) in [4.78, 5) is 22.6. The van der Waals surface area contributed by atoms with Crippen LogP contribution in [-0.2, 0) is 13.1 Å². The second-order valence-corrected chi connectivity index (χ2v) is 7.26. The fourth-order valence-electron chi connectivity index (χ4n) is 2.66. The Labute approximate surface area is 153 Å². The molecule has 3 rings (SSSR count). The van der Waals surface area contributed by atoms with Crippen LogP contribution in [0.25, 0.3) is 11.3 Å². The van der Waals surface area contributed by atoms with Crippen LogP contribution in [0.15, 0.2) is 22.7 Å². The van der Waals surface area contributed by atoms with Gasteiger partial charge in [-0.3, -0.25) is 0 Å². The Balaban J connectivity index is 2.00. The zero-order valence-electron chi connectivity index (χ0n) is 13.3. The van der Waals surface area contributed by atoms with Crippen molar-refractivity contribution in [2.45, 2.75) is 33.0 Å². The number of halogens is 2. The molecule has 3 N–H and O–H groups in total. The van der Waals surface area contributed by atoms with E-state index in [0.29, 0.717) is 23.8 Å². The van der Waals surface area contributed by atoms with Crippen LogP contribution < -0.4 is 11.1 Å². The Morgan fingerprint density at radius 2 is 2.12 bits per heavy atom. The van der Waals surface area contributed by atoms with E-state index in [-0.39, 0.29) is 18.0 Å². The number of rotatable bonds is 2. The number of anilines is 1. The number of fused-ring (bicyclic) bond motifs is 1. The van der Waals surface area contributed by atoms with E-state index in [9.17, 15) is 4.79 Å². The fraction of sp³-hybridized carbons (Fsp3) is 0.312. The molecular formula is C16H17BrClN5O. The van der Waals surface area contributed by atoms with Gasteiger partial charge in [-0.1, -0.05) is 33.6 Å². The molecule has 1 aromatic carbocycles. The van der Waals surface area contributed by atoms with Crippen molar-refractivity contribution in [3.63, 3.8) is 0 Å². The molecule has 0 aliphatic carbocycles. The van der Waals surface area contributed by atoms with Crippen LogP contribution in [0.4, 0.5) is 10.7 Å². The lowest BCUT2D eigenvalue weighted by Crippen LogP contribution is -2.40. The van der Waals surface area contributed by atoms with Crippen molar-refractivity contribution >= 4 is 39.5 Å². The van der Waals surface area contributed by atoms with Crippen LogP contribution >= 0.6 is 27.5 Å². The van der Waals surface area contributed by atoms with Crippen LogP contribution in [0.5, 0.6) is 0 Å². The van der Waals surface area contributed by atoms with E-state index >= 15 is 0 Å². The monoisotopic (exact) mass is 409 g/mol. The average Bonchev–Trinajstić information content (AvgIpc) is 2.90. The first kappa shape index (κ1) is 17.0. The number of carbonyl (C=O) groups excluding carboxylic acids is 1. The molecule has 0 radical (unpaired) electrons. The molecule has 24 heavy (non-hydrogen) atoms. The molecule has 2 heterocycles. The number of hydrogen-bond donors (Lipinski definition) is 2. The minimum Gasteiger partial charge on any atom is -0.368 e. The predicted octanol–water partition coefficient (Wildman–Crippen LogP) is 3.58. The van der Waals surface area contributed by atoms with Crippen molar-refractivity contribution in [1.82, 2.24) is 20.2 Å². The molecule has 8 heteroatoms. The number of carbonyl (C=O) groups is 1. The third-order valence-electron chi connectivity index (χ3n) is 3.69. The van der Waals surface area contributed by atoms with Gasteiger partial charge in [-0.2, -0.15) is 0 Å². The first-order valence-electron chi connectivity index (χ1n) is 7.51. The van der Waals surface area contributed by atoms with E-state index in [2.05, 4.69) is 31.2 Å². The molecule has 1 aliphatic rings. The predicted molar refractivity (Wildman–Crippen MR) is 97.5 cm³/mol. The molecule has 126 valence electrons. The fourth-order valence-corrected chi connectivity index (χ4v) is 3.42. The zero-order valence-corrected chi connectivity index (χ0v) is 15.6. The van der Waals surface area contributed by atoms with Gasteiger partial charge in [0.25, 0.3) is 0 Å². The Morgan fingerprint density at radius 3 is 2.79 bits per heavy atom. The summed E-state index contributed by atoms with van der Waals surface area (Å²) in [5.74, 6) is 0.175. The van der Waals surface area contributed by atoms with Crippen LogP contribution in [-0.4, -0.2) is 26.9 Å². The average molecular weight is 411 g/mol. The van der Waals surface area contributed by atoms with Crippen molar-refractivity contribution in [3.8, 4) is 11.3 Å². The summed E-state index contributed by atoms with van der Waals surface area (Å²) in [6.45, 7) is 4.68. The van der Waals surface area contributed by atoms with Gasteiger partial charge in [0.1, 0.15) is 0 Å². The molecule has 2 amide bonds. The molecule has 0 unspecified atom stereocenters. The summed E-state index contributed by atoms with van der Waals surface area (Å²) in [6.07, 6.45) is 0. The molecule has 6 nitrogen and oxygen atoms in total. The SMILES string of the molecule is CC(C)NC(=O)N1Cc2nc(N)nc(-c3ccc(Br)cc3Cl)c2C1. The number of benzene rings is 1. The van der Waals surface area contributed by atoms with Crippen molar-refractivity contribution in [2.24, 2.45) is 0 Å². The van der Waals surface area contributed by atoms with Gasteiger partial charge < -0.3 is 16.0 Å². The third-order valence-corrected chi connectivity index (χ3v) is 4.49. The largest absolute Gasteiger partial charge is 0.368 e. The van der Waals surface area contributed by atoms with Crippen LogP contribution in [0, 0.1) is 0 Å². The normalized spacial score (nSPS) is 13.3. The zero-order chi connectivity index (χ0) is 17.4. The van der Waals surface area contributed by atoms with E-state index in [1.54, 1.807) is 11.0 Å². The Hall–Kier alpha value is -1.86. The maximum Gasteiger partial charge on any atom is 0.318 e. The number of amides is 2. The number of nitrogens with one attached hydrogen (secondary N) is 1. The molecule has 0 fully saturated rings. The summed E-state index contributed by atoms with van der Waals surface area (Å²) < 4.78 is 0.882. The number of nitrogen functional groups attached to an aromatic ring is 1. The number of hydrogen-bond acceptors (Lipinski definition) is 4. The summed E-state index contributed by atoms with van der Waals surface area (Å²) in [6, 6.07) is 5.52. The van der Waals surface area contributed by atoms with Gasteiger partial charge in [0.05, 0.1) is 29.5 Å². The van der Waals surface area contributed by atoms with Crippen LogP contribution in [0.3, 0.4) is 0 Å². The van der Waals surface area contributed by atoms with Gasteiger partial charge in [-0.05, 0) is 26.0 Å². The number of nitrogens with two attached hydrogens (primary N) is 1. The molecule has 0 bridgehead atoms. The summed E-state index contributed by atoms with van der Waals surface area (Å²) in [5.41, 5.74) is 8.95. The van der Waals surface area contributed by atoms with E-state index in [1.165, 1.54) is 0 Å². The summed E-state index contributed by atoms with van der Waals surface area (Å²) in [5, 5.41) is 3.45. The Bertz CT molecular complexity index is 811. The molecule has 0 saturated carbocycles. The molecule has 2 aromatic rings. The topological polar surface area (TPSA) is 84.1 Å². The maximum atomic E-state index is 12.3. The Morgan fingerprint density at radius 1 is 1.38 bits per heavy atom. The molecule has 0 saturated heterocycles. The van der Waals surface area contributed by atoms with Gasteiger partial charge in [-0.25, -0.2) is 14.8 Å². The Kier molecular flexibility index (Phi) is 4.64. The number of nitrogens with zero attached hydrogens (tertiary/aromatic N) is 3. The molecule has 0 spiro atoms. The van der Waals surface area contributed by atoms with Crippen molar-refractivity contribution < 1.29 is 4.79 Å². The second kappa shape index (κ2) is 6.57. The highest BCUT2D eigenvalue weighted by atomic mass is 79.9. The minimum atomic E-state index is -0.130. The van der Waals surface area contributed by atoms with Gasteiger partial charge in [0.15, 0.2) is 0 Å². The summed E-state index contributed by atoms with van der Waals surface area (Å²) >= 11 is 9.76. The van der Waals surface area contributed by atoms with E-state index in [0.717, 1.165) is 21.3 Å². The van der Waals surface area contributed by atoms with Gasteiger partial charge in [0, 0.05) is 21.6 Å². The number of aromatic nitrogens is 2. The van der Waals surface area contributed by atoms with Crippen molar-refractivity contribution in [1.29, 1.82) is 0 Å². The molecule has 1 aliphatic heterocycles. The first-order valence-corrected chi connectivity index (χ1v) is 8.68. The summed E-state index contributed by atoms with van der Waals surface area (Å²) in [7, 11) is 0. The second-order valence-electron chi connectivity index (χ2n) is 5.94. The lowest BCUT2D eigenvalue weighted by atomic mass is 10.1. The van der Waals surface area contributed by atoms with Gasteiger partial charge in [0.2, 0.25) is 5.95 Å². The van der Waals surface area contributed by atoms with Crippen LogP contribution in [0.2, 0.25) is 5.02 Å². The lowest BCUT2D eigenvalue weighted by molar-refractivity contribution is 0.195. The lowest BCUT2D eigenvalue weighted by Gasteiger charge is -2.18. The number of urea groups is 1. The molecular weight excluding hydrogens is 394 g/mol. The van der Waals surface area contributed by atoms with Gasteiger partial charge >= 0.3 is 6.03 Å². The van der Waals surface area contributed by atoms with Crippen LogP contribution in [0.1, 0.15) is 25.1 Å². The quantitative estimate of drug-likeness (QED) is 0.792. The molecule has 0 atom stereocenters. The first-order chi connectivity index (χ1) is 11.3. The highest BCUT2D eigenvalue weighted by Crippen LogP contribution is 2.35. The minimum absolute atomic E-state index is 0.0674. The third kappa shape index (κ3) is 3.32. The molecule has 1 aromatic heterocycles. The van der Waals surface area contributed by atoms with Crippen molar-refractivity contribution in [3.05, 3.63) is 39.0 Å². The maximum absolute atomic E-state index is 12.3. The van der Waals surface area contributed by atoms with Crippen molar-refractivity contribution in [2.75, 3.05) is 5.73 Å². The van der Waals surface area contributed by atoms with Gasteiger partial charge in [-0.15, -0.1) is 0 Å². The standard InChI is InChI=1S/C16H17BrClN5O/c1-8(2)20-16(24)23-6-11-13(7-23)21-15(19)22-14(11)10-4-3-9(17)5-12(10)18/h3-5,8H,6-7H2,1-2H3,(H,20,24)(H2,19,21,22). The highest BCUT2D eigenvalue weighted by Gasteiger charge is 2.29.